The van der Waals surface area contributed by atoms with Gasteiger partial charge in [-0.25, -0.2) is 9.18 Å². The fourth-order valence-electron chi connectivity index (χ4n) is 2.71. The van der Waals surface area contributed by atoms with Crippen molar-refractivity contribution in [3.63, 3.8) is 0 Å². The summed E-state index contributed by atoms with van der Waals surface area (Å²) in [5.74, 6) is -0.375. The van der Waals surface area contributed by atoms with Crippen LogP contribution >= 0.6 is 0 Å². The van der Waals surface area contributed by atoms with E-state index in [1.165, 1.54) is 11.0 Å². The van der Waals surface area contributed by atoms with Crippen molar-refractivity contribution >= 4 is 17.5 Å². The summed E-state index contributed by atoms with van der Waals surface area (Å²) in [5, 5.41) is 3.01. The van der Waals surface area contributed by atoms with Gasteiger partial charge >= 0.3 is 6.09 Å². The third kappa shape index (κ3) is 3.34. The van der Waals surface area contributed by atoms with Gasteiger partial charge in [-0.15, -0.1) is 0 Å². The summed E-state index contributed by atoms with van der Waals surface area (Å²) in [6.07, 6.45) is -0.945. The molecule has 0 spiro atoms. The topological polar surface area (TPSA) is 90.3 Å². The van der Waals surface area contributed by atoms with Crippen LogP contribution in [-0.2, 0) is 9.47 Å². The van der Waals surface area contributed by atoms with Gasteiger partial charge in [0.2, 0.25) is 0 Å². The summed E-state index contributed by atoms with van der Waals surface area (Å²) in [6, 6.07) is 4.73. The van der Waals surface area contributed by atoms with Crippen LogP contribution in [0.25, 0.3) is 0 Å². The molecule has 2 fully saturated rings. The van der Waals surface area contributed by atoms with Crippen molar-refractivity contribution in [1.82, 2.24) is 5.43 Å². The third-order valence-corrected chi connectivity index (χ3v) is 3.87. The molecule has 0 radical (unpaired) electrons. The normalized spacial score (nSPS) is 21.3. The summed E-state index contributed by atoms with van der Waals surface area (Å²) in [6.45, 7) is 2.99. The van der Waals surface area contributed by atoms with Crippen LogP contribution in [0.15, 0.2) is 23.4 Å². The lowest BCUT2D eigenvalue weighted by Gasteiger charge is -2.29. The zero-order valence-electron chi connectivity index (χ0n) is 12.5. The highest BCUT2D eigenvalue weighted by Crippen LogP contribution is 2.28. The molecule has 1 atom stereocenters. The Bertz CT molecular complexity index is 594. The molecule has 2 heterocycles. The first-order chi connectivity index (χ1) is 11.2. The first kappa shape index (κ1) is 15.5. The van der Waals surface area contributed by atoms with Gasteiger partial charge in [0.1, 0.15) is 11.9 Å². The van der Waals surface area contributed by atoms with Crippen LogP contribution in [-0.4, -0.2) is 51.6 Å². The third-order valence-electron chi connectivity index (χ3n) is 3.87. The average molecular weight is 323 g/mol. The predicted octanol–water partition coefficient (Wildman–Crippen LogP) is 1.52. The number of ether oxygens (including phenoxy) is 2. The van der Waals surface area contributed by atoms with Gasteiger partial charge in [0.15, 0.2) is 0 Å². The molecular formula is C14H18FN5O3. The lowest BCUT2D eigenvalue weighted by Crippen LogP contribution is -2.36. The summed E-state index contributed by atoms with van der Waals surface area (Å²) < 4.78 is 24.8. The Morgan fingerprint density at radius 3 is 2.87 bits per heavy atom. The van der Waals surface area contributed by atoms with Crippen LogP contribution in [0.5, 0.6) is 0 Å². The fourth-order valence-corrected chi connectivity index (χ4v) is 2.71. The van der Waals surface area contributed by atoms with Crippen LogP contribution in [0.1, 0.15) is 0 Å². The largest absolute Gasteiger partial charge is 0.442 e. The van der Waals surface area contributed by atoms with E-state index in [-0.39, 0.29) is 18.9 Å². The van der Waals surface area contributed by atoms with Gasteiger partial charge in [0.05, 0.1) is 37.7 Å². The van der Waals surface area contributed by atoms with Crippen molar-refractivity contribution in [3.8, 4) is 0 Å². The Hall–Kier alpha value is -2.42. The second kappa shape index (κ2) is 6.78. The minimum absolute atomic E-state index is 0.250. The number of hydrogen-bond acceptors (Lipinski definition) is 6. The first-order valence-corrected chi connectivity index (χ1v) is 7.39. The molecule has 2 N–H and O–H groups in total. The molecule has 1 aromatic rings. The number of carbonyl (C=O) groups is 1. The molecular weight excluding hydrogens is 305 g/mol. The molecule has 1 aromatic carbocycles. The minimum Gasteiger partial charge on any atom is -0.442 e. The Morgan fingerprint density at radius 2 is 2.17 bits per heavy atom. The van der Waals surface area contributed by atoms with Gasteiger partial charge in [-0.05, 0) is 18.2 Å². The van der Waals surface area contributed by atoms with Crippen molar-refractivity contribution in [3.05, 3.63) is 24.0 Å². The first-order valence-electron chi connectivity index (χ1n) is 7.39. The van der Waals surface area contributed by atoms with E-state index >= 15 is 0 Å². The Balaban J connectivity index is 1.72. The number of benzene rings is 1. The van der Waals surface area contributed by atoms with Crippen LogP contribution in [0.3, 0.4) is 0 Å². The molecule has 0 bridgehead atoms. The maximum atomic E-state index is 14.4. The van der Waals surface area contributed by atoms with Crippen molar-refractivity contribution in [2.45, 2.75) is 6.10 Å². The van der Waals surface area contributed by atoms with Crippen LogP contribution in [0.4, 0.5) is 20.6 Å². The van der Waals surface area contributed by atoms with E-state index in [1.807, 2.05) is 4.90 Å². The predicted molar refractivity (Wildman–Crippen MR) is 80.2 cm³/mol. The monoisotopic (exact) mass is 323 g/mol. The van der Waals surface area contributed by atoms with E-state index in [0.29, 0.717) is 37.7 Å². The van der Waals surface area contributed by atoms with Crippen LogP contribution in [0.2, 0.25) is 0 Å². The lowest BCUT2D eigenvalue weighted by molar-refractivity contribution is 0.122. The van der Waals surface area contributed by atoms with Crippen molar-refractivity contribution in [1.29, 1.82) is 5.53 Å². The van der Waals surface area contributed by atoms with E-state index in [2.05, 4.69) is 10.6 Å². The number of cyclic esters (lactones) is 1. The molecule has 2 aliphatic rings. The number of anilines is 2. The molecule has 23 heavy (non-hydrogen) atoms. The number of hydrogen-bond donors (Lipinski definition) is 2. The van der Waals surface area contributed by atoms with Gasteiger partial charge in [-0.2, -0.15) is 5.53 Å². The SMILES string of the molecule is N=NNC[C@H]1CN(c2ccc(N3CCOCC3)c(F)c2)C(=O)O1. The van der Waals surface area contributed by atoms with Gasteiger partial charge < -0.3 is 14.4 Å². The minimum atomic E-state index is -0.527. The van der Waals surface area contributed by atoms with Crippen LogP contribution in [0, 0.1) is 11.3 Å². The number of morpholine rings is 1. The zero-order valence-corrected chi connectivity index (χ0v) is 12.5. The number of amides is 1. The molecule has 3 rings (SSSR count). The van der Waals surface area contributed by atoms with Crippen molar-refractivity contribution in [2.75, 3.05) is 49.2 Å². The van der Waals surface area contributed by atoms with Crippen LogP contribution < -0.4 is 15.2 Å². The lowest BCUT2D eigenvalue weighted by atomic mass is 10.2. The number of nitrogens with one attached hydrogen (secondary N) is 2. The summed E-state index contributed by atoms with van der Waals surface area (Å²) in [7, 11) is 0. The van der Waals surface area contributed by atoms with E-state index < -0.39 is 12.2 Å². The molecule has 0 aromatic heterocycles. The zero-order chi connectivity index (χ0) is 16.2. The molecule has 0 saturated carbocycles. The number of rotatable bonds is 5. The summed E-state index contributed by atoms with van der Waals surface area (Å²) in [5.41, 5.74) is 10.1. The number of carbonyl (C=O) groups excluding carboxylic acids is 1. The fraction of sp³-hybridized carbons (Fsp3) is 0.500. The Morgan fingerprint density at radius 1 is 1.39 bits per heavy atom. The molecule has 9 heteroatoms. The van der Waals surface area contributed by atoms with E-state index in [9.17, 15) is 9.18 Å². The van der Waals surface area contributed by atoms with E-state index in [4.69, 9.17) is 15.0 Å². The van der Waals surface area contributed by atoms with Gasteiger partial charge in [0, 0.05) is 13.1 Å². The molecule has 0 aliphatic carbocycles. The average Bonchev–Trinajstić information content (AvgIpc) is 2.94. The van der Waals surface area contributed by atoms with E-state index in [1.54, 1.807) is 12.1 Å². The van der Waals surface area contributed by atoms with Gasteiger partial charge in [-0.1, -0.05) is 5.22 Å². The second-order valence-corrected chi connectivity index (χ2v) is 5.33. The maximum Gasteiger partial charge on any atom is 0.414 e. The molecule has 8 nitrogen and oxygen atoms in total. The highest BCUT2D eigenvalue weighted by Gasteiger charge is 2.32. The number of nitrogens with zero attached hydrogens (tertiary/aromatic N) is 3. The molecule has 1 amide bonds. The van der Waals surface area contributed by atoms with Crippen molar-refractivity contribution in [2.24, 2.45) is 5.22 Å². The standard InChI is InChI=1S/C14H18FN5O3/c15-12-7-10(1-2-13(12)19-3-5-22-6-4-19)20-9-11(8-17-18-16)23-14(20)21/h1-2,7,11H,3-6,8-9H2,(H2,16,17)/t11-/m0/s1. The summed E-state index contributed by atoms with van der Waals surface area (Å²) >= 11 is 0. The van der Waals surface area contributed by atoms with Crippen molar-refractivity contribution < 1.29 is 18.7 Å². The smallest absolute Gasteiger partial charge is 0.414 e. The maximum absolute atomic E-state index is 14.4. The molecule has 124 valence electrons. The molecule has 2 saturated heterocycles. The highest BCUT2D eigenvalue weighted by molar-refractivity contribution is 5.90. The van der Waals surface area contributed by atoms with Gasteiger partial charge in [0.25, 0.3) is 0 Å². The summed E-state index contributed by atoms with van der Waals surface area (Å²) in [4.78, 5) is 15.2. The highest BCUT2D eigenvalue weighted by atomic mass is 19.1. The molecule has 0 unspecified atom stereocenters. The van der Waals surface area contributed by atoms with E-state index in [0.717, 1.165) is 0 Å². The number of halogens is 1. The second-order valence-electron chi connectivity index (χ2n) is 5.33. The quantitative estimate of drug-likeness (QED) is 0.633. The Labute approximate surface area is 132 Å². The molecule has 2 aliphatic heterocycles. The Kier molecular flexibility index (Phi) is 4.56. The van der Waals surface area contributed by atoms with Gasteiger partial charge in [-0.3, -0.25) is 10.3 Å².